The van der Waals surface area contributed by atoms with Gasteiger partial charge in [0.2, 0.25) is 11.6 Å². The van der Waals surface area contributed by atoms with Crippen LogP contribution in [0.1, 0.15) is 12.8 Å². The molecule has 2 aromatic rings. The molecule has 0 radical (unpaired) electrons. The highest BCUT2D eigenvalue weighted by Crippen LogP contribution is 2.18. The zero-order chi connectivity index (χ0) is 11.8. The number of aromatic nitrogens is 4. The number of rotatable bonds is 1. The first-order chi connectivity index (χ1) is 8.25. The summed E-state index contributed by atoms with van der Waals surface area (Å²) in [7, 11) is 0. The molecule has 17 heavy (non-hydrogen) atoms. The summed E-state index contributed by atoms with van der Waals surface area (Å²) in [6.45, 7) is 1.65. The van der Waals surface area contributed by atoms with Crippen molar-refractivity contribution in [2.75, 3.05) is 18.0 Å². The Morgan fingerprint density at radius 1 is 1.35 bits per heavy atom. The van der Waals surface area contributed by atoms with Crippen LogP contribution in [0.4, 0.5) is 10.3 Å². The lowest BCUT2D eigenvalue weighted by Crippen LogP contribution is -2.40. The van der Waals surface area contributed by atoms with Crippen molar-refractivity contribution >= 4 is 11.6 Å². The van der Waals surface area contributed by atoms with Crippen LogP contribution in [-0.2, 0) is 0 Å². The van der Waals surface area contributed by atoms with Crippen LogP contribution in [0, 0.1) is 5.82 Å². The van der Waals surface area contributed by atoms with Gasteiger partial charge in [-0.15, -0.1) is 10.2 Å². The van der Waals surface area contributed by atoms with Crippen molar-refractivity contribution in [2.45, 2.75) is 18.9 Å². The lowest BCUT2D eigenvalue weighted by Gasteiger charge is -2.30. The van der Waals surface area contributed by atoms with Gasteiger partial charge in [-0.25, -0.2) is 13.8 Å². The number of hydrogen-bond acceptors (Lipinski definition) is 5. The summed E-state index contributed by atoms with van der Waals surface area (Å²) in [6.07, 6.45) is 4.51. The van der Waals surface area contributed by atoms with Crippen LogP contribution in [0.5, 0.6) is 0 Å². The van der Waals surface area contributed by atoms with Gasteiger partial charge in [0.15, 0.2) is 5.82 Å². The molecule has 3 heterocycles. The minimum Gasteiger partial charge on any atom is -0.342 e. The maximum absolute atomic E-state index is 13.4. The molecule has 0 saturated carbocycles. The summed E-state index contributed by atoms with van der Waals surface area (Å²) in [6, 6.07) is 0.253. The van der Waals surface area contributed by atoms with E-state index in [4.69, 9.17) is 5.73 Å². The van der Waals surface area contributed by atoms with Gasteiger partial charge in [-0.1, -0.05) is 0 Å². The van der Waals surface area contributed by atoms with Gasteiger partial charge in [-0.3, -0.25) is 0 Å². The third-order valence-corrected chi connectivity index (χ3v) is 3.09. The van der Waals surface area contributed by atoms with Crippen molar-refractivity contribution < 1.29 is 4.39 Å². The summed E-state index contributed by atoms with van der Waals surface area (Å²) in [5.41, 5.74) is 6.07. The van der Waals surface area contributed by atoms with Gasteiger partial charge in [0.1, 0.15) is 6.33 Å². The van der Waals surface area contributed by atoms with E-state index in [1.807, 2.05) is 0 Å². The molecule has 6 nitrogen and oxygen atoms in total. The Labute approximate surface area is 97.3 Å². The Hall–Kier alpha value is -1.76. The fourth-order valence-corrected chi connectivity index (χ4v) is 2.11. The number of hydrogen-bond donors (Lipinski definition) is 1. The van der Waals surface area contributed by atoms with E-state index in [-0.39, 0.29) is 11.7 Å². The van der Waals surface area contributed by atoms with Crippen molar-refractivity contribution in [1.82, 2.24) is 19.6 Å². The first-order valence-corrected chi connectivity index (χ1v) is 5.60. The average molecular weight is 236 g/mol. The summed E-state index contributed by atoms with van der Waals surface area (Å²) >= 11 is 0. The normalized spacial score (nSPS) is 17.9. The molecule has 7 heteroatoms. The molecular formula is C10H13FN6. The third-order valence-electron chi connectivity index (χ3n) is 3.09. The van der Waals surface area contributed by atoms with Gasteiger partial charge in [-0.2, -0.15) is 0 Å². The molecule has 0 bridgehead atoms. The molecule has 0 aromatic carbocycles. The second-order valence-electron chi connectivity index (χ2n) is 4.26. The van der Waals surface area contributed by atoms with E-state index in [0.717, 1.165) is 25.9 Å². The average Bonchev–Trinajstić information content (AvgIpc) is 2.81. The van der Waals surface area contributed by atoms with Crippen LogP contribution in [0.3, 0.4) is 0 Å². The van der Waals surface area contributed by atoms with Gasteiger partial charge in [0, 0.05) is 19.1 Å². The van der Waals surface area contributed by atoms with Crippen molar-refractivity contribution in [3.8, 4) is 0 Å². The summed E-state index contributed by atoms with van der Waals surface area (Å²) < 4.78 is 15.0. The van der Waals surface area contributed by atoms with Gasteiger partial charge in [0.25, 0.3) is 0 Å². The quantitative estimate of drug-likeness (QED) is 0.765. The SMILES string of the molecule is NC1CCN(c2ncc(F)c3nncn23)CC1. The van der Waals surface area contributed by atoms with Crippen LogP contribution >= 0.6 is 0 Å². The zero-order valence-electron chi connectivity index (χ0n) is 9.25. The van der Waals surface area contributed by atoms with Crippen LogP contribution in [0.25, 0.3) is 5.65 Å². The molecule has 3 rings (SSSR count). The summed E-state index contributed by atoms with van der Waals surface area (Å²) in [4.78, 5) is 6.20. The highest BCUT2D eigenvalue weighted by Gasteiger charge is 2.20. The Bertz CT molecular complexity index is 531. The van der Waals surface area contributed by atoms with Crippen LogP contribution in [0.2, 0.25) is 0 Å². The molecule has 90 valence electrons. The maximum Gasteiger partial charge on any atom is 0.212 e. The molecule has 0 spiro atoms. The number of fused-ring (bicyclic) bond motifs is 1. The lowest BCUT2D eigenvalue weighted by molar-refractivity contribution is 0.493. The van der Waals surface area contributed by atoms with Crippen molar-refractivity contribution in [3.63, 3.8) is 0 Å². The monoisotopic (exact) mass is 236 g/mol. The number of halogens is 1. The Balaban J connectivity index is 2.00. The Morgan fingerprint density at radius 3 is 2.88 bits per heavy atom. The standard InChI is InChI=1S/C10H13FN6/c11-8-5-13-10(17-6-14-15-9(8)17)16-3-1-7(12)2-4-16/h5-7H,1-4,12H2. The first kappa shape index (κ1) is 10.4. The maximum atomic E-state index is 13.4. The van der Waals surface area contributed by atoms with E-state index in [2.05, 4.69) is 20.1 Å². The molecule has 2 aromatic heterocycles. The smallest absolute Gasteiger partial charge is 0.212 e. The van der Waals surface area contributed by atoms with E-state index in [1.54, 1.807) is 4.40 Å². The summed E-state index contributed by atoms with van der Waals surface area (Å²) in [5.74, 6) is 0.221. The van der Waals surface area contributed by atoms with E-state index in [1.165, 1.54) is 12.5 Å². The van der Waals surface area contributed by atoms with Gasteiger partial charge in [0.05, 0.1) is 6.20 Å². The van der Waals surface area contributed by atoms with E-state index in [0.29, 0.717) is 5.95 Å². The highest BCUT2D eigenvalue weighted by atomic mass is 19.1. The minimum absolute atomic E-state index is 0.213. The molecule has 2 N–H and O–H groups in total. The fourth-order valence-electron chi connectivity index (χ4n) is 2.11. The number of piperidine rings is 1. The fraction of sp³-hybridized carbons (Fsp3) is 0.500. The second-order valence-corrected chi connectivity index (χ2v) is 4.26. The number of nitrogens with two attached hydrogens (primary N) is 1. The number of anilines is 1. The second kappa shape index (κ2) is 3.92. The molecule has 0 amide bonds. The predicted octanol–water partition coefficient (Wildman–Crippen LogP) is 0.191. The van der Waals surface area contributed by atoms with Gasteiger partial charge >= 0.3 is 0 Å². The van der Waals surface area contributed by atoms with E-state index < -0.39 is 5.82 Å². The molecule has 0 unspecified atom stereocenters. The van der Waals surface area contributed by atoms with Gasteiger partial charge < -0.3 is 10.6 Å². The summed E-state index contributed by atoms with van der Waals surface area (Å²) in [5, 5.41) is 7.45. The predicted molar refractivity (Wildman–Crippen MR) is 60.2 cm³/mol. The third kappa shape index (κ3) is 1.72. The zero-order valence-corrected chi connectivity index (χ0v) is 9.25. The molecule has 1 saturated heterocycles. The van der Waals surface area contributed by atoms with E-state index >= 15 is 0 Å². The minimum atomic E-state index is -0.458. The first-order valence-electron chi connectivity index (χ1n) is 5.60. The molecule has 1 aliphatic heterocycles. The van der Waals surface area contributed by atoms with Gasteiger partial charge in [-0.05, 0) is 12.8 Å². The van der Waals surface area contributed by atoms with Crippen LogP contribution in [0.15, 0.2) is 12.5 Å². The van der Waals surface area contributed by atoms with Crippen LogP contribution in [-0.4, -0.2) is 38.7 Å². The molecule has 1 aliphatic rings. The van der Waals surface area contributed by atoms with Crippen molar-refractivity contribution in [3.05, 3.63) is 18.3 Å². The van der Waals surface area contributed by atoms with Crippen molar-refractivity contribution in [1.29, 1.82) is 0 Å². The molecule has 0 atom stereocenters. The number of nitrogens with zero attached hydrogens (tertiary/aromatic N) is 5. The largest absolute Gasteiger partial charge is 0.342 e. The molecular weight excluding hydrogens is 223 g/mol. The molecule has 0 aliphatic carbocycles. The molecule has 1 fully saturated rings. The Morgan fingerprint density at radius 2 is 2.12 bits per heavy atom. The van der Waals surface area contributed by atoms with E-state index in [9.17, 15) is 4.39 Å². The Kier molecular flexibility index (Phi) is 2.40. The van der Waals surface area contributed by atoms with Crippen LogP contribution < -0.4 is 10.6 Å². The topological polar surface area (TPSA) is 72.3 Å². The lowest BCUT2D eigenvalue weighted by atomic mass is 10.1. The highest BCUT2D eigenvalue weighted by molar-refractivity contribution is 5.46. The van der Waals surface area contributed by atoms with Crippen molar-refractivity contribution in [2.24, 2.45) is 5.73 Å².